The van der Waals surface area contributed by atoms with Crippen molar-refractivity contribution in [2.75, 3.05) is 0 Å². The molecule has 0 radical (unpaired) electrons. The number of unbranched alkanes of at least 4 members (excludes halogenated alkanes) is 1. The molecule has 1 rings (SSSR count). The predicted octanol–water partition coefficient (Wildman–Crippen LogP) is 4.92. The van der Waals surface area contributed by atoms with Gasteiger partial charge in [0.2, 0.25) is 0 Å². The van der Waals surface area contributed by atoms with Crippen LogP contribution < -0.4 is 0 Å². The summed E-state index contributed by atoms with van der Waals surface area (Å²) >= 11 is 0. The highest BCUT2D eigenvalue weighted by molar-refractivity contribution is 6.74. The first-order valence-electron chi connectivity index (χ1n) is 11.3. The molecule has 1 N–H and O–H groups in total. The van der Waals surface area contributed by atoms with Crippen molar-refractivity contribution in [3.63, 3.8) is 0 Å². The molecule has 0 aromatic rings. The molecular formula is C26H40O4Si. The summed E-state index contributed by atoms with van der Waals surface area (Å²) in [6.07, 6.45) is 2.82. The number of carbonyl (C=O) groups is 1. The number of rotatable bonds is 7. The van der Waals surface area contributed by atoms with Crippen molar-refractivity contribution in [1.29, 1.82) is 0 Å². The summed E-state index contributed by atoms with van der Waals surface area (Å²) in [5.41, 5.74) is 0. The minimum Gasteiger partial charge on any atom is -0.453 e. The summed E-state index contributed by atoms with van der Waals surface area (Å²) in [6.45, 7) is 16.6. The van der Waals surface area contributed by atoms with Gasteiger partial charge >= 0.3 is 5.97 Å². The molecule has 0 aliphatic heterocycles. The fourth-order valence-corrected chi connectivity index (χ4v) is 4.91. The van der Waals surface area contributed by atoms with Crippen molar-refractivity contribution >= 4 is 14.3 Å². The molecule has 0 heterocycles. The van der Waals surface area contributed by atoms with Crippen molar-refractivity contribution in [2.24, 2.45) is 11.8 Å². The SMILES string of the molecule is CC#CCCC[C@H](C)OC(=O)C#C[C@@H](O)[C@@H]1C[C@@H](O[Si](C)(C)C(C)(C)C)C[C@H]1C#CC. The first kappa shape index (κ1) is 27.3. The Kier molecular flexibility index (Phi) is 10.9. The summed E-state index contributed by atoms with van der Waals surface area (Å²) in [7, 11) is -1.91. The molecule has 0 bridgehead atoms. The second-order valence-corrected chi connectivity index (χ2v) is 14.6. The molecule has 0 spiro atoms. The zero-order chi connectivity index (χ0) is 23.7. The lowest BCUT2D eigenvalue weighted by molar-refractivity contribution is -0.141. The van der Waals surface area contributed by atoms with E-state index in [2.05, 4.69) is 69.4 Å². The number of aliphatic hydroxyl groups is 1. The average Bonchev–Trinajstić information content (AvgIpc) is 3.04. The van der Waals surface area contributed by atoms with Gasteiger partial charge in [0.15, 0.2) is 8.32 Å². The minimum atomic E-state index is -1.91. The highest BCUT2D eigenvalue weighted by atomic mass is 28.4. The van der Waals surface area contributed by atoms with Gasteiger partial charge < -0.3 is 14.3 Å². The van der Waals surface area contributed by atoms with E-state index in [1.807, 2.05) is 20.8 Å². The Morgan fingerprint density at radius 1 is 1.19 bits per heavy atom. The second-order valence-electron chi connectivity index (χ2n) is 9.89. The summed E-state index contributed by atoms with van der Waals surface area (Å²) in [4.78, 5) is 12.0. The van der Waals surface area contributed by atoms with Crippen LogP contribution in [0.2, 0.25) is 18.1 Å². The molecule has 0 aromatic carbocycles. The zero-order valence-electron chi connectivity index (χ0n) is 20.6. The van der Waals surface area contributed by atoms with E-state index in [-0.39, 0.29) is 29.1 Å². The molecule has 0 aromatic heterocycles. The van der Waals surface area contributed by atoms with E-state index >= 15 is 0 Å². The van der Waals surface area contributed by atoms with E-state index in [1.165, 1.54) is 0 Å². The molecule has 172 valence electrons. The van der Waals surface area contributed by atoms with Crippen LogP contribution in [0.5, 0.6) is 0 Å². The van der Waals surface area contributed by atoms with Crippen molar-refractivity contribution in [3.8, 4) is 35.5 Å². The molecule has 4 nitrogen and oxygen atoms in total. The maximum absolute atomic E-state index is 12.0. The predicted molar refractivity (Wildman–Crippen MR) is 128 cm³/mol. The largest absolute Gasteiger partial charge is 0.453 e. The van der Waals surface area contributed by atoms with Gasteiger partial charge in [-0.1, -0.05) is 32.6 Å². The lowest BCUT2D eigenvalue weighted by Gasteiger charge is -2.38. The van der Waals surface area contributed by atoms with Crippen molar-refractivity contribution in [1.82, 2.24) is 0 Å². The van der Waals surface area contributed by atoms with Crippen molar-refractivity contribution in [2.45, 2.75) is 110 Å². The third-order valence-electron chi connectivity index (χ3n) is 6.29. The summed E-state index contributed by atoms with van der Waals surface area (Å²) in [5.74, 6) is 16.5. The second kappa shape index (κ2) is 12.4. The van der Waals surface area contributed by atoms with Crippen LogP contribution in [-0.2, 0) is 14.0 Å². The number of hydrogen-bond donors (Lipinski definition) is 1. The molecule has 5 heteroatoms. The molecule has 0 unspecified atom stereocenters. The smallest absolute Gasteiger partial charge is 0.384 e. The Morgan fingerprint density at radius 2 is 1.87 bits per heavy atom. The number of hydrogen-bond acceptors (Lipinski definition) is 4. The quantitative estimate of drug-likeness (QED) is 0.199. The molecule has 1 aliphatic carbocycles. The zero-order valence-corrected chi connectivity index (χ0v) is 21.6. The molecular weight excluding hydrogens is 404 g/mol. The van der Waals surface area contributed by atoms with Crippen molar-refractivity contribution < 1.29 is 19.1 Å². The molecule has 0 saturated heterocycles. The Balaban J connectivity index is 2.71. The highest BCUT2D eigenvalue weighted by Gasteiger charge is 2.44. The minimum absolute atomic E-state index is 0.0127. The molecule has 5 atom stereocenters. The summed E-state index contributed by atoms with van der Waals surface area (Å²) in [6, 6.07) is 0. The van der Waals surface area contributed by atoms with Crippen LogP contribution in [-0.4, -0.2) is 37.7 Å². The Labute approximate surface area is 191 Å². The van der Waals surface area contributed by atoms with Gasteiger partial charge in [-0.15, -0.1) is 17.8 Å². The van der Waals surface area contributed by atoms with Crippen LogP contribution in [0.15, 0.2) is 0 Å². The van der Waals surface area contributed by atoms with Gasteiger partial charge in [0, 0.05) is 30.3 Å². The molecule has 1 saturated carbocycles. The van der Waals surface area contributed by atoms with Crippen molar-refractivity contribution in [3.05, 3.63) is 0 Å². The third-order valence-corrected chi connectivity index (χ3v) is 10.8. The maximum atomic E-state index is 12.0. The summed E-state index contributed by atoms with van der Waals surface area (Å²) < 4.78 is 11.9. The van der Waals surface area contributed by atoms with Gasteiger partial charge in [-0.2, -0.15) is 0 Å². The lowest BCUT2D eigenvalue weighted by Crippen LogP contribution is -2.43. The summed E-state index contributed by atoms with van der Waals surface area (Å²) in [5, 5.41) is 10.8. The van der Waals surface area contributed by atoms with Gasteiger partial charge in [0.05, 0.1) is 0 Å². The average molecular weight is 445 g/mol. The number of carbonyl (C=O) groups excluding carboxylic acids is 1. The number of ether oxygens (including phenoxy) is 1. The van der Waals surface area contributed by atoms with Crippen LogP contribution >= 0.6 is 0 Å². The van der Waals surface area contributed by atoms with Crippen LogP contribution in [0.25, 0.3) is 0 Å². The lowest BCUT2D eigenvalue weighted by atomic mass is 9.91. The van der Waals surface area contributed by atoms with E-state index in [0.29, 0.717) is 6.42 Å². The third kappa shape index (κ3) is 9.12. The van der Waals surface area contributed by atoms with Crippen LogP contribution in [0, 0.1) is 47.4 Å². The van der Waals surface area contributed by atoms with Crippen LogP contribution in [0.1, 0.15) is 73.6 Å². The Morgan fingerprint density at radius 3 is 2.45 bits per heavy atom. The normalized spacial score (nSPS) is 22.7. The van der Waals surface area contributed by atoms with E-state index in [1.54, 1.807) is 0 Å². The fraction of sp³-hybridized carbons (Fsp3) is 0.731. The highest BCUT2D eigenvalue weighted by Crippen LogP contribution is 2.42. The van der Waals surface area contributed by atoms with Gasteiger partial charge in [0.1, 0.15) is 12.2 Å². The maximum Gasteiger partial charge on any atom is 0.384 e. The van der Waals surface area contributed by atoms with E-state index < -0.39 is 20.4 Å². The number of esters is 1. The van der Waals surface area contributed by atoms with Gasteiger partial charge in [-0.3, -0.25) is 0 Å². The topological polar surface area (TPSA) is 55.8 Å². The molecule has 1 aliphatic rings. The van der Waals surface area contributed by atoms with E-state index in [0.717, 1.165) is 25.7 Å². The van der Waals surface area contributed by atoms with Crippen LogP contribution in [0.4, 0.5) is 0 Å². The van der Waals surface area contributed by atoms with Gasteiger partial charge in [-0.05, 0) is 64.6 Å². The molecule has 31 heavy (non-hydrogen) atoms. The van der Waals surface area contributed by atoms with E-state index in [9.17, 15) is 9.90 Å². The Bertz CT molecular complexity index is 776. The van der Waals surface area contributed by atoms with E-state index in [4.69, 9.17) is 9.16 Å². The monoisotopic (exact) mass is 444 g/mol. The molecule has 1 fully saturated rings. The standard InChI is InChI=1S/C26H40O4Si/c1-9-11-12-13-15-20(3)29-25(28)17-16-24(27)23-19-22(18-21(23)14-10-2)30-31(7,8)26(4,5)6/h20-24,27H,12-13,15,18-19H2,1-8H3/t20-,21+,22-,23+,24+/m0/s1. The van der Waals surface area contributed by atoms with Gasteiger partial charge in [-0.25, -0.2) is 4.79 Å². The fourth-order valence-electron chi connectivity index (χ4n) is 3.53. The Hall–Kier alpha value is -1.71. The van der Waals surface area contributed by atoms with Crippen LogP contribution in [0.3, 0.4) is 0 Å². The number of aliphatic hydroxyl groups excluding tert-OH is 1. The van der Waals surface area contributed by atoms with Gasteiger partial charge in [0.25, 0.3) is 0 Å². The first-order chi connectivity index (χ1) is 14.4. The molecule has 0 amide bonds. The first-order valence-corrected chi connectivity index (χ1v) is 14.2.